The molecule has 5 nitrogen and oxygen atoms in total. The van der Waals surface area contributed by atoms with E-state index in [-0.39, 0.29) is 0 Å². The summed E-state index contributed by atoms with van der Waals surface area (Å²) in [7, 11) is 1.84. The standard InChI is InChI=1S/C14H17N5.C2H6/c1-18-12-5-9(2-3-11(12)8-15)4-10-6-13(16)19-14(17)7-10;1-2/h2-3,5-8,15,18H,4H2,1H3,(H4,16,17,19);1-2H3. The van der Waals surface area contributed by atoms with Crippen LogP contribution in [0.4, 0.5) is 17.3 Å². The highest BCUT2D eigenvalue weighted by atomic mass is 14.9. The normalized spacial score (nSPS) is 9.48. The Balaban J connectivity index is 0.00000106. The Morgan fingerprint density at radius 2 is 1.71 bits per heavy atom. The first-order valence-electron chi connectivity index (χ1n) is 6.95. The number of nitrogens with two attached hydrogens (primary N) is 2. The summed E-state index contributed by atoms with van der Waals surface area (Å²) < 4.78 is 0. The Labute approximate surface area is 125 Å². The Morgan fingerprint density at radius 3 is 2.24 bits per heavy atom. The fourth-order valence-electron chi connectivity index (χ4n) is 2.03. The van der Waals surface area contributed by atoms with E-state index in [0.29, 0.717) is 11.6 Å². The van der Waals surface area contributed by atoms with Gasteiger partial charge >= 0.3 is 0 Å². The largest absolute Gasteiger partial charge is 0.388 e. The number of benzene rings is 1. The van der Waals surface area contributed by atoms with E-state index in [9.17, 15) is 0 Å². The molecule has 0 spiro atoms. The Kier molecular flexibility index (Phi) is 6.20. The molecule has 0 atom stereocenters. The van der Waals surface area contributed by atoms with E-state index < -0.39 is 0 Å². The number of nitrogen functional groups attached to an aromatic ring is 2. The summed E-state index contributed by atoms with van der Waals surface area (Å²) in [6.45, 7) is 4.00. The van der Waals surface area contributed by atoms with Crippen LogP contribution in [0.15, 0.2) is 30.3 Å². The monoisotopic (exact) mass is 285 g/mol. The van der Waals surface area contributed by atoms with Gasteiger partial charge in [0.05, 0.1) is 0 Å². The predicted molar refractivity (Wildman–Crippen MR) is 91.1 cm³/mol. The number of anilines is 3. The van der Waals surface area contributed by atoms with Gasteiger partial charge in [-0.05, 0) is 35.7 Å². The number of nitrogens with zero attached hydrogens (tertiary/aromatic N) is 1. The first-order chi connectivity index (χ1) is 10.1. The van der Waals surface area contributed by atoms with Gasteiger partial charge in [0.25, 0.3) is 0 Å². The van der Waals surface area contributed by atoms with Gasteiger partial charge in [-0.15, -0.1) is 0 Å². The van der Waals surface area contributed by atoms with Crippen molar-refractivity contribution >= 4 is 23.5 Å². The van der Waals surface area contributed by atoms with Crippen LogP contribution in [0.1, 0.15) is 30.5 Å². The van der Waals surface area contributed by atoms with Crippen LogP contribution in [0.2, 0.25) is 0 Å². The highest BCUT2D eigenvalue weighted by Crippen LogP contribution is 2.19. The number of rotatable bonds is 4. The molecule has 0 aliphatic rings. The Hall–Kier alpha value is -2.56. The molecule has 0 bridgehead atoms. The molecular weight excluding hydrogens is 262 g/mol. The maximum Gasteiger partial charge on any atom is 0.126 e. The van der Waals surface area contributed by atoms with Crippen molar-refractivity contribution in [3.05, 3.63) is 47.0 Å². The van der Waals surface area contributed by atoms with Crippen LogP contribution in [0, 0.1) is 5.41 Å². The van der Waals surface area contributed by atoms with Gasteiger partial charge in [-0.25, -0.2) is 4.98 Å². The van der Waals surface area contributed by atoms with Gasteiger partial charge in [0.15, 0.2) is 0 Å². The molecule has 21 heavy (non-hydrogen) atoms. The zero-order valence-electron chi connectivity index (χ0n) is 12.8. The molecule has 0 amide bonds. The highest BCUT2D eigenvalue weighted by molar-refractivity contribution is 5.85. The zero-order valence-corrected chi connectivity index (χ0v) is 12.8. The molecule has 0 aliphatic carbocycles. The minimum absolute atomic E-state index is 0.431. The fourth-order valence-corrected chi connectivity index (χ4v) is 2.03. The smallest absolute Gasteiger partial charge is 0.126 e. The lowest BCUT2D eigenvalue weighted by atomic mass is 10.0. The number of aromatic nitrogens is 1. The summed E-state index contributed by atoms with van der Waals surface area (Å²) in [4.78, 5) is 3.95. The van der Waals surface area contributed by atoms with Crippen molar-refractivity contribution in [2.24, 2.45) is 0 Å². The van der Waals surface area contributed by atoms with E-state index in [2.05, 4.69) is 10.3 Å². The van der Waals surface area contributed by atoms with E-state index >= 15 is 0 Å². The van der Waals surface area contributed by atoms with Gasteiger partial charge in [-0.1, -0.05) is 26.0 Å². The number of pyridine rings is 1. The summed E-state index contributed by atoms with van der Waals surface area (Å²) in [6.07, 6.45) is 2.06. The average Bonchev–Trinajstić information content (AvgIpc) is 2.48. The van der Waals surface area contributed by atoms with E-state index in [1.54, 1.807) is 0 Å². The van der Waals surface area contributed by atoms with Crippen molar-refractivity contribution < 1.29 is 0 Å². The number of hydrogen-bond donors (Lipinski definition) is 4. The van der Waals surface area contributed by atoms with Crippen LogP contribution in [0.5, 0.6) is 0 Å². The van der Waals surface area contributed by atoms with Crippen LogP contribution in [0.3, 0.4) is 0 Å². The molecule has 5 heteroatoms. The van der Waals surface area contributed by atoms with Crippen molar-refractivity contribution in [2.45, 2.75) is 20.3 Å². The second-order valence-electron chi connectivity index (χ2n) is 4.32. The molecule has 1 heterocycles. The molecule has 0 unspecified atom stereocenters. The first-order valence-corrected chi connectivity index (χ1v) is 6.95. The highest BCUT2D eigenvalue weighted by Gasteiger charge is 2.03. The minimum Gasteiger partial charge on any atom is -0.388 e. The van der Waals surface area contributed by atoms with Crippen molar-refractivity contribution in [3.8, 4) is 0 Å². The molecule has 2 aromatic rings. The topological polar surface area (TPSA) is 101 Å². The summed E-state index contributed by atoms with van der Waals surface area (Å²) in [5, 5.41) is 10.4. The zero-order chi connectivity index (χ0) is 15.8. The quantitative estimate of drug-likeness (QED) is 0.649. The first kappa shape index (κ1) is 16.5. The summed E-state index contributed by atoms with van der Waals surface area (Å²) >= 11 is 0. The summed E-state index contributed by atoms with van der Waals surface area (Å²) in [5.41, 5.74) is 15.3. The van der Waals surface area contributed by atoms with Gasteiger partial charge in [0.1, 0.15) is 11.6 Å². The molecule has 0 saturated heterocycles. The molecule has 2 rings (SSSR count). The van der Waals surface area contributed by atoms with E-state index in [1.807, 2.05) is 51.2 Å². The second-order valence-corrected chi connectivity index (χ2v) is 4.32. The second kappa shape index (κ2) is 7.89. The number of nitrogens with one attached hydrogen (secondary N) is 2. The van der Waals surface area contributed by atoms with Gasteiger partial charge < -0.3 is 22.2 Å². The minimum atomic E-state index is 0.431. The third-order valence-corrected chi connectivity index (χ3v) is 2.88. The summed E-state index contributed by atoms with van der Waals surface area (Å²) in [5.74, 6) is 0.861. The molecule has 0 fully saturated rings. The lowest BCUT2D eigenvalue weighted by molar-refractivity contribution is 1.17. The lowest BCUT2D eigenvalue weighted by Crippen LogP contribution is -2.00. The molecule has 0 radical (unpaired) electrons. The maximum absolute atomic E-state index is 7.33. The van der Waals surface area contributed by atoms with Crippen LogP contribution >= 0.6 is 0 Å². The van der Waals surface area contributed by atoms with Crippen LogP contribution in [-0.2, 0) is 6.42 Å². The lowest BCUT2D eigenvalue weighted by Gasteiger charge is -2.09. The third kappa shape index (κ3) is 4.49. The van der Waals surface area contributed by atoms with Crippen molar-refractivity contribution in [2.75, 3.05) is 23.8 Å². The Bertz CT molecular complexity index is 587. The predicted octanol–water partition coefficient (Wildman–Crippen LogP) is 2.90. The number of hydrogen-bond acceptors (Lipinski definition) is 5. The van der Waals surface area contributed by atoms with Crippen LogP contribution < -0.4 is 16.8 Å². The Morgan fingerprint density at radius 1 is 1.10 bits per heavy atom. The van der Waals surface area contributed by atoms with Gasteiger partial charge in [0.2, 0.25) is 0 Å². The molecular formula is C16H23N5. The van der Waals surface area contributed by atoms with Crippen molar-refractivity contribution in [1.29, 1.82) is 5.41 Å². The average molecular weight is 285 g/mol. The van der Waals surface area contributed by atoms with E-state index in [4.69, 9.17) is 16.9 Å². The fraction of sp³-hybridized carbons (Fsp3) is 0.250. The van der Waals surface area contributed by atoms with Crippen molar-refractivity contribution in [1.82, 2.24) is 4.98 Å². The third-order valence-electron chi connectivity index (χ3n) is 2.88. The molecule has 0 aliphatic heterocycles. The van der Waals surface area contributed by atoms with Gasteiger partial charge in [-0.3, -0.25) is 0 Å². The van der Waals surface area contributed by atoms with Crippen LogP contribution in [0.25, 0.3) is 0 Å². The van der Waals surface area contributed by atoms with E-state index in [0.717, 1.165) is 28.8 Å². The molecule has 6 N–H and O–H groups in total. The molecule has 1 aromatic heterocycles. The van der Waals surface area contributed by atoms with E-state index in [1.165, 1.54) is 6.21 Å². The molecule has 0 saturated carbocycles. The van der Waals surface area contributed by atoms with Crippen LogP contribution in [-0.4, -0.2) is 18.2 Å². The summed E-state index contributed by atoms with van der Waals surface area (Å²) in [6, 6.07) is 9.57. The molecule has 1 aromatic carbocycles. The van der Waals surface area contributed by atoms with Gasteiger partial charge in [0, 0.05) is 24.5 Å². The SMILES string of the molecule is CC.CNc1cc(Cc2cc(N)nc(N)c2)ccc1C=N. The maximum atomic E-state index is 7.33. The molecule has 112 valence electrons. The van der Waals surface area contributed by atoms with Gasteiger partial charge in [-0.2, -0.15) is 0 Å². The van der Waals surface area contributed by atoms with Crippen molar-refractivity contribution in [3.63, 3.8) is 0 Å².